The van der Waals surface area contributed by atoms with Crippen LogP contribution in [-0.2, 0) is 20.3 Å². The van der Waals surface area contributed by atoms with Crippen molar-refractivity contribution in [3.8, 4) is 0 Å². The van der Waals surface area contributed by atoms with E-state index < -0.39 is 41.6 Å². The summed E-state index contributed by atoms with van der Waals surface area (Å²) in [5.41, 5.74) is 0. The molecule has 0 unspecified atom stereocenters. The van der Waals surface area contributed by atoms with Crippen molar-refractivity contribution in [2.45, 2.75) is 0 Å². The molecule has 0 fully saturated rings. The maximum Gasteiger partial charge on any atom is 0.317 e. The Bertz CT molecular complexity index is 248. The summed E-state index contributed by atoms with van der Waals surface area (Å²) >= 11 is 0. The average molecular weight is 211 g/mol. The van der Waals surface area contributed by atoms with Crippen molar-refractivity contribution in [2.24, 2.45) is 0 Å². The van der Waals surface area contributed by atoms with Gasteiger partial charge in [-0.1, -0.05) is 0 Å². The quantitative estimate of drug-likeness (QED) is 0.437. The summed E-state index contributed by atoms with van der Waals surface area (Å²) < 4.78 is 20.4. The van der Waals surface area contributed by atoms with Crippen LogP contribution in [0.5, 0.6) is 0 Å². The maximum absolute atomic E-state index is 10.2. The molecular weight excluding hydrogens is 202 g/mol. The summed E-state index contributed by atoms with van der Waals surface area (Å²) in [5.74, 6) is -3.09. The van der Waals surface area contributed by atoms with E-state index in [9.17, 15) is 18.0 Å². The van der Waals surface area contributed by atoms with Gasteiger partial charge in [0.15, 0.2) is 10.7 Å². The first kappa shape index (κ1) is 11.8. The van der Waals surface area contributed by atoms with E-state index in [1.165, 1.54) is 0 Å². The molecule has 0 aliphatic rings. The Balaban J connectivity index is 4.18. The van der Waals surface area contributed by atoms with Gasteiger partial charge in [-0.15, -0.1) is 0 Å². The number of aliphatic carboxylic acids is 2. The fourth-order valence-corrected chi connectivity index (χ4v) is 1.23. The van der Waals surface area contributed by atoms with Crippen molar-refractivity contribution in [3.63, 3.8) is 0 Å². The van der Waals surface area contributed by atoms with Gasteiger partial charge in [0.05, 0.1) is 13.1 Å². The monoisotopic (exact) mass is 211 g/mol. The van der Waals surface area contributed by atoms with Crippen LogP contribution < -0.4 is 0 Å². The minimum Gasteiger partial charge on any atom is -0.480 e. The lowest BCUT2D eigenvalue weighted by atomic mass is 10.5. The molecule has 76 valence electrons. The number of hydrogen-bond acceptors (Lipinski definition) is 5. The van der Waals surface area contributed by atoms with Crippen molar-refractivity contribution in [1.29, 1.82) is 0 Å². The summed E-state index contributed by atoms with van der Waals surface area (Å²) in [6.45, 7) is -1.20. The van der Waals surface area contributed by atoms with E-state index in [1.54, 1.807) is 0 Å². The molecule has 0 radical (unpaired) electrons. The molecule has 0 aromatic rings. The third kappa shape index (κ3) is 7.22. The normalized spacial score (nSPS) is 10.6. The third-order valence-corrected chi connectivity index (χ3v) is 1.66. The standard InChI is InChI=1S/C5H9NO6S/c7-4(8)1-6(2-5(9)10)3-13(11)12/h13H,1-3H2,(H,7,8)(H,9,10). The molecular formula is C5H9NO6S. The predicted molar refractivity (Wildman–Crippen MR) is 42.0 cm³/mol. The van der Waals surface area contributed by atoms with Crippen molar-refractivity contribution < 1.29 is 28.2 Å². The number of rotatable bonds is 6. The van der Waals surface area contributed by atoms with Crippen LogP contribution in [0.3, 0.4) is 0 Å². The molecule has 8 heteroatoms. The van der Waals surface area contributed by atoms with Gasteiger partial charge >= 0.3 is 11.9 Å². The summed E-state index contributed by atoms with van der Waals surface area (Å²) in [6, 6.07) is 0. The van der Waals surface area contributed by atoms with Crippen LogP contribution in [0.4, 0.5) is 0 Å². The molecule has 0 aromatic heterocycles. The molecule has 13 heavy (non-hydrogen) atoms. The predicted octanol–water partition coefficient (Wildman–Crippen LogP) is -1.97. The van der Waals surface area contributed by atoms with Gasteiger partial charge in [-0.3, -0.25) is 14.5 Å². The zero-order chi connectivity index (χ0) is 10.4. The molecule has 0 aliphatic heterocycles. The largest absolute Gasteiger partial charge is 0.480 e. The van der Waals surface area contributed by atoms with E-state index in [-0.39, 0.29) is 0 Å². The SMILES string of the molecule is O=C(O)CN(CC(=O)O)C[SH](=O)=O. The highest BCUT2D eigenvalue weighted by molar-refractivity contribution is 7.72. The minimum atomic E-state index is -2.80. The van der Waals surface area contributed by atoms with Crippen LogP contribution in [0.15, 0.2) is 0 Å². The zero-order valence-corrected chi connectivity index (χ0v) is 7.44. The first-order valence-electron chi connectivity index (χ1n) is 3.19. The minimum absolute atomic E-state index is 0.562. The Morgan fingerprint density at radius 1 is 1.08 bits per heavy atom. The maximum atomic E-state index is 10.2. The number of thiol groups is 1. The molecule has 0 heterocycles. The van der Waals surface area contributed by atoms with Gasteiger partial charge in [0.25, 0.3) is 0 Å². The van der Waals surface area contributed by atoms with Crippen LogP contribution in [0.1, 0.15) is 0 Å². The number of carboxylic acids is 2. The highest BCUT2D eigenvalue weighted by Crippen LogP contribution is 1.87. The van der Waals surface area contributed by atoms with Gasteiger partial charge < -0.3 is 10.2 Å². The number of hydrogen-bond donors (Lipinski definition) is 3. The number of nitrogens with zero attached hydrogens (tertiary/aromatic N) is 1. The molecule has 0 aromatic carbocycles. The first-order chi connectivity index (χ1) is 5.91. The number of carbonyl (C=O) groups is 2. The van der Waals surface area contributed by atoms with Crippen LogP contribution in [0.2, 0.25) is 0 Å². The average Bonchev–Trinajstić information content (AvgIpc) is 1.80. The Labute approximate surface area is 75.5 Å². The van der Waals surface area contributed by atoms with E-state index in [0.29, 0.717) is 0 Å². The molecule has 0 saturated heterocycles. The summed E-state index contributed by atoms with van der Waals surface area (Å²) in [5, 5.41) is 16.6. The second-order valence-electron chi connectivity index (χ2n) is 2.25. The van der Waals surface area contributed by atoms with Crippen molar-refractivity contribution in [3.05, 3.63) is 0 Å². The summed E-state index contributed by atoms with van der Waals surface area (Å²) in [4.78, 5) is 21.1. The van der Waals surface area contributed by atoms with Crippen molar-refractivity contribution in [2.75, 3.05) is 19.0 Å². The molecule has 0 saturated carbocycles. The van der Waals surface area contributed by atoms with E-state index in [2.05, 4.69) is 0 Å². The van der Waals surface area contributed by atoms with Crippen LogP contribution in [-0.4, -0.2) is 54.4 Å². The van der Waals surface area contributed by atoms with Crippen LogP contribution >= 0.6 is 0 Å². The lowest BCUT2D eigenvalue weighted by Gasteiger charge is -2.13. The molecule has 0 spiro atoms. The van der Waals surface area contributed by atoms with E-state index in [4.69, 9.17) is 10.2 Å². The lowest BCUT2D eigenvalue weighted by Crippen LogP contribution is -2.35. The second-order valence-corrected chi connectivity index (χ2v) is 3.20. The Morgan fingerprint density at radius 3 is 1.69 bits per heavy atom. The van der Waals surface area contributed by atoms with Gasteiger partial charge in [-0.25, -0.2) is 8.42 Å². The smallest absolute Gasteiger partial charge is 0.317 e. The van der Waals surface area contributed by atoms with Gasteiger partial charge in [-0.05, 0) is 0 Å². The third-order valence-electron chi connectivity index (χ3n) is 1.03. The van der Waals surface area contributed by atoms with Crippen LogP contribution in [0.25, 0.3) is 0 Å². The fourth-order valence-electron chi connectivity index (χ4n) is 0.702. The van der Waals surface area contributed by atoms with E-state index in [0.717, 1.165) is 4.90 Å². The zero-order valence-electron chi connectivity index (χ0n) is 6.54. The Morgan fingerprint density at radius 2 is 1.46 bits per heavy atom. The van der Waals surface area contributed by atoms with Gasteiger partial charge in [0.1, 0.15) is 5.88 Å². The molecule has 7 nitrogen and oxygen atoms in total. The van der Waals surface area contributed by atoms with Crippen molar-refractivity contribution in [1.82, 2.24) is 4.90 Å². The summed E-state index contributed by atoms with van der Waals surface area (Å²) in [7, 11) is -2.80. The molecule has 0 amide bonds. The summed E-state index contributed by atoms with van der Waals surface area (Å²) in [6.07, 6.45) is 0. The topological polar surface area (TPSA) is 112 Å². The fraction of sp³-hybridized carbons (Fsp3) is 0.600. The number of carboxylic acid groups (broad SMARTS) is 2. The highest BCUT2D eigenvalue weighted by Gasteiger charge is 2.13. The Kier molecular flexibility index (Phi) is 5.00. The Hall–Kier alpha value is -1.15. The molecule has 0 aliphatic carbocycles. The first-order valence-corrected chi connectivity index (χ1v) is 4.56. The van der Waals surface area contributed by atoms with E-state index >= 15 is 0 Å². The van der Waals surface area contributed by atoms with Gasteiger partial charge in [0.2, 0.25) is 0 Å². The molecule has 0 rings (SSSR count). The van der Waals surface area contributed by atoms with E-state index in [1.807, 2.05) is 0 Å². The molecule has 0 bridgehead atoms. The lowest BCUT2D eigenvalue weighted by molar-refractivity contribution is -0.141. The van der Waals surface area contributed by atoms with Crippen LogP contribution in [0, 0.1) is 0 Å². The second kappa shape index (κ2) is 5.49. The highest BCUT2D eigenvalue weighted by atomic mass is 32.2. The van der Waals surface area contributed by atoms with Crippen molar-refractivity contribution >= 4 is 22.6 Å². The molecule has 2 N–H and O–H groups in total. The van der Waals surface area contributed by atoms with Gasteiger partial charge in [0, 0.05) is 0 Å². The van der Waals surface area contributed by atoms with Gasteiger partial charge in [-0.2, -0.15) is 0 Å². The molecule has 0 atom stereocenters.